The molecule has 3 rings (SSSR count). The van der Waals surface area contributed by atoms with Gasteiger partial charge >= 0.3 is 0 Å². The minimum absolute atomic E-state index is 0.168. The number of anilines is 2. The van der Waals surface area contributed by atoms with Gasteiger partial charge in [0.15, 0.2) is 6.10 Å². The van der Waals surface area contributed by atoms with Crippen molar-refractivity contribution in [2.24, 2.45) is 0 Å². The Hall–Kier alpha value is -2.27. The van der Waals surface area contributed by atoms with Gasteiger partial charge < -0.3 is 19.9 Å². The van der Waals surface area contributed by atoms with E-state index in [1.165, 1.54) is 24.3 Å². The first-order chi connectivity index (χ1) is 14.4. The van der Waals surface area contributed by atoms with E-state index in [9.17, 15) is 13.5 Å². The molecule has 0 spiro atoms. The largest absolute Gasteiger partial charge is 0.468 e. The summed E-state index contributed by atoms with van der Waals surface area (Å²) in [7, 11) is -4.17. The number of hydrogen-bond acceptors (Lipinski definition) is 8. The highest BCUT2D eigenvalue weighted by molar-refractivity contribution is 7.89. The van der Waals surface area contributed by atoms with Gasteiger partial charge in [-0.25, -0.2) is 18.1 Å². The van der Waals surface area contributed by atoms with Crippen molar-refractivity contribution in [3.8, 4) is 5.88 Å². The number of aromatic nitrogens is 2. The topological polar surface area (TPSA) is 123 Å². The van der Waals surface area contributed by atoms with Crippen LogP contribution in [0.15, 0.2) is 35.4 Å². The Kier molecular flexibility index (Phi) is 4.76. The zero-order valence-corrected chi connectivity index (χ0v) is 16.3. The van der Waals surface area contributed by atoms with Crippen LogP contribution in [0.4, 0.5) is 11.6 Å². The van der Waals surface area contributed by atoms with Crippen molar-refractivity contribution in [1.82, 2.24) is 14.7 Å². The highest BCUT2D eigenvalue weighted by Gasteiger charge is 2.40. The van der Waals surface area contributed by atoms with Crippen LogP contribution in [0.2, 0.25) is 0 Å². The average Bonchev–Trinajstić information content (AvgIpc) is 2.99. The van der Waals surface area contributed by atoms with Gasteiger partial charge in [0.25, 0.3) is 0 Å². The van der Waals surface area contributed by atoms with E-state index in [0.717, 1.165) is 5.56 Å². The molecule has 152 valence electrons. The first-order valence-corrected chi connectivity index (χ1v) is 10.1. The van der Waals surface area contributed by atoms with Crippen LogP contribution in [0.3, 0.4) is 0 Å². The number of nitrogens with zero attached hydrogens (tertiary/aromatic N) is 2. The predicted octanol–water partition coefficient (Wildman–Crippen LogP) is 1.22. The molecule has 1 saturated heterocycles. The maximum absolute atomic E-state index is 12.1. The third-order valence-corrected chi connectivity index (χ3v) is 5.53. The number of sulfonamides is 1. The summed E-state index contributed by atoms with van der Waals surface area (Å²) in [4.78, 5) is 8.42. The maximum atomic E-state index is 12.1. The molecule has 0 unspecified atom stereocenters. The van der Waals surface area contributed by atoms with Crippen molar-refractivity contribution in [2.75, 3.05) is 25.5 Å². The molecule has 0 saturated carbocycles. The van der Waals surface area contributed by atoms with Crippen LogP contribution < -0.4 is 14.8 Å². The van der Waals surface area contributed by atoms with Crippen LogP contribution in [0.5, 0.6) is 5.88 Å². The van der Waals surface area contributed by atoms with Crippen LogP contribution in [0.25, 0.3) is 0 Å². The van der Waals surface area contributed by atoms with Crippen molar-refractivity contribution in [3.63, 3.8) is 0 Å². The van der Waals surface area contributed by atoms with Gasteiger partial charge in [-0.3, -0.25) is 0 Å². The molecule has 0 bridgehead atoms. The minimum atomic E-state index is -4.17. The first kappa shape index (κ1) is 16.7. The summed E-state index contributed by atoms with van der Waals surface area (Å²) in [6.07, 6.45) is 1.65. The fraction of sp³-hybridized carbons (Fsp3) is 0.444. The number of hydrogen-bond donors (Lipinski definition) is 3. The molecule has 0 aliphatic carbocycles. The van der Waals surface area contributed by atoms with Gasteiger partial charge in [-0.15, -0.1) is 0 Å². The van der Waals surface area contributed by atoms with Crippen molar-refractivity contribution in [2.45, 2.75) is 36.9 Å². The van der Waals surface area contributed by atoms with Crippen LogP contribution in [-0.4, -0.2) is 55.4 Å². The van der Waals surface area contributed by atoms with Gasteiger partial charge in [-0.05, 0) is 44.6 Å². The van der Waals surface area contributed by atoms with Crippen molar-refractivity contribution in [1.29, 1.82) is 0 Å². The number of rotatable bonds is 7. The number of nitrogens with one attached hydrogen (secondary N) is 2. The molecule has 1 fully saturated rings. The van der Waals surface area contributed by atoms with E-state index in [0.29, 0.717) is 18.0 Å². The molecule has 3 N–H and O–H groups in total. The Labute approximate surface area is 168 Å². The highest BCUT2D eigenvalue weighted by Crippen LogP contribution is 2.27. The Balaban J connectivity index is 1.77. The van der Waals surface area contributed by atoms with Crippen LogP contribution in [0.1, 0.15) is 23.5 Å². The molecular weight excluding hydrogens is 384 g/mol. The summed E-state index contributed by atoms with van der Waals surface area (Å²) in [5.41, 5.74) is 0.109. The van der Waals surface area contributed by atoms with E-state index < -0.39 is 28.7 Å². The van der Waals surface area contributed by atoms with Gasteiger partial charge in [0.1, 0.15) is 5.60 Å². The number of benzene rings is 1. The molecule has 1 aromatic carbocycles. The molecule has 9 nitrogen and oxygen atoms in total. The number of aryl methyl sites for hydroxylation is 1. The molecule has 1 aliphatic heterocycles. The lowest BCUT2D eigenvalue weighted by Gasteiger charge is -2.24. The Morgan fingerprint density at radius 2 is 2.18 bits per heavy atom. The fourth-order valence-electron chi connectivity index (χ4n) is 2.64. The lowest BCUT2D eigenvalue weighted by atomic mass is 10.0. The summed E-state index contributed by atoms with van der Waals surface area (Å²) in [5, 5.41) is 13.3. The maximum Gasteiger partial charge on any atom is 0.240 e. The smallest absolute Gasteiger partial charge is 0.240 e. The summed E-state index contributed by atoms with van der Waals surface area (Å²) in [6, 6.07) is 5.45. The van der Waals surface area contributed by atoms with Crippen LogP contribution in [-0.2, 0) is 21.2 Å². The number of aliphatic hydroxyl groups is 1. The SMILES string of the molecule is [2H]C([2H])([2H])NS(=O)(=O)c1ccc(Nc2ncc(CC)c(O[C@H]3COC[C@@]3(C)O)n2)cc1. The van der Waals surface area contributed by atoms with Crippen LogP contribution >= 0.6 is 0 Å². The molecular formula is C18H24N4O5S. The van der Waals surface area contributed by atoms with E-state index in [2.05, 4.69) is 15.3 Å². The molecule has 1 aromatic heterocycles. The summed E-state index contributed by atoms with van der Waals surface area (Å²) >= 11 is 0. The quantitative estimate of drug-likeness (QED) is 0.622. The Morgan fingerprint density at radius 1 is 1.43 bits per heavy atom. The fourth-order valence-corrected chi connectivity index (χ4v) is 3.25. The molecule has 1 aliphatic rings. The highest BCUT2D eigenvalue weighted by atomic mass is 32.2. The van der Waals surface area contributed by atoms with Gasteiger partial charge in [0.05, 0.1) is 18.1 Å². The first-order valence-electron chi connectivity index (χ1n) is 10.1. The standard InChI is InChI=1S/C18H24N4O5S/c1-4-12-9-20-17(22-16(12)27-15-10-26-11-18(15,2)23)21-13-5-7-14(8-6-13)28(24,25)19-3/h5-9,15,19,23H,4,10-11H2,1-3H3,(H,20,21,22)/t15-,18+/m0/s1/i3D3. The molecule has 2 aromatic rings. The predicted molar refractivity (Wildman–Crippen MR) is 103 cm³/mol. The zero-order valence-electron chi connectivity index (χ0n) is 18.5. The summed E-state index contributed by atoms with van der Waals surface area (Å²) in [6.45, 7) is 1.14. The third-order valence-electron chi connectivity index (χ3n) is 4.37. The van der Waals surface area contributed by atoms with E-state index in [4.69, 9.17) is 13.6 Å². The Morgan fingerprint density at radius 3 is 2.79 bits per heavy atom. The van der Waals surface area contributed by atoms with Gasteiger partial charge in [0, 0.05) is 21.6 Å². The molecule has 2 atom stereocenters. The van der Waals surface area contributed by atoms with Gasteiger partial charge in [-0.2, -0.15) is 4.98 Å². The zero-order chi connectivity index (χ0) is 22.9. The summed E-state index contributed by atoms with van der Waals surface area (Å²) < 4.78 is 58.2. The second-order valence-corrected chi connectivity index (χ2v) is 8.29. The van der Waals surface area contributed by atoms with Crippen molar-refractivity contribution < 1.29 is 27.1 Å². The molecule has 0 amide bonds. The molecule has 0 radical (unpaired) electrons. The molecule has 28 heavy (non-hydrogen) atoms. The molecule has 10 heteroatoms. The second kappa shape index (κ2) is 8.00. The van der Waals surface area contributed by atoms with Crippen molar-refractivity contribution in [3.05, 3.63) is 36.0 Å². The average molecular weight is 411 g/mol. The lowest BCUT2D eigenvalue weighted by molar-refractivity contribution is -0.0179. The normalized spacial score (nSPS) is 24.2. The lowest BCUT2D eigenvalue weighted by Crippen LogP contribution is -2.42. The van der Waals surface area contributed by atoms with Crippen molar-refractivity contribution >= 4 is 21.7 Å². The third kappa shape index (κ3) is 4.41. The van der Waals surface area contributed by atoms with Gasteiger partial charge in [-0.1, -0.05) is 6.92 Å². The Bertz CT molecular complexity index is 1030. The van der Waals surface area contributed by atoms with Crippen LogP contribution in [0, 0.1) is 0 Å². The number of ether oxygens (including phenoxy) is 2. The molecule has 2 heterocycles. The van der Waals surface area contributed by atoms with E-state index in [1.54, 1.807) is 17.8 Å². The summed E-state index contributed by atoms with van der Waals surface area (Å²) in [5.74, 6) is 0.527. The van der Waals surface area contributed by atoms with E-state index >= 15 is 0 Å². The monoisotopic (exact) mass is 411 g/mol. The van der Waals surface area contributed by atoms with E-state index in [-0.39, 0.29) is 24.1 Å². The minimum Gasteiger partial charge on any atom is -0.468 e. The second-order valence-electron chi connectivity index (χ2n) is 6.61. The van der Waals surface area contributed by atoms with E-state index in [1.807, 2.05) is 6.92 Å². The van der Waals surface area contributed by atoms with Gasteiger partial charge in [0.2, 0.25) is 21.9 Å².